The van der Waals surface area contributed by atoms with Crippen molar-refractivity contribution in [3.05, 3.63) is 22.7 Å². The number of thioether (sulfide) groups is 1. The van der Waals surface area contributed by atoms with Gasteiger partial charge in [-0.25, -0.2) is 0 Å². The summed E-state index contributed by atoms with van der Waals surface area (Å²) >= 11 is 1.77. The Kier molecular flexibility index (Phi) is 2.71. The van der Waals surface area contributed by atoms with Crippen LogP contribution in [-0.2, 0) is 0 Å². The maximum atomic E-state index is 4.01. The molecule has 0 aromatic heterocycles. The number of hydrogen-bond acceptors (Lipinski definition) is 1. The minimum absolute atomic E-state index is 1.17. The fraction of sp³-hybridized carbons (Fsp3) is 0.429. The van der Waals surface area contributed by atoms with E-state index in [0.717, 1.165) is 0 Å². The SMILES string of the molecule is CCCC1=C[N]C=CS1. The molecule has 1 heterocycles. The Bertz CT molecular complexity index is 138. The van der Waals surface area contributed by atoms with Crippen LogP contribution in [0.4, 0.5) is 0 Å². The summed E-state index contributed by atoms with van der Waals surface area (Å²) in [5, 5.41) is 6.03. The third-order valence-electron chi connectivity index (χ3n) is 1.08. The zero-order valence-electron chi connectivity index (χ0n) is 5.50. The van der Waals surface area contributed by atoms with Crippen molar-refractivity contribution in [1.82, 2.24) is 5.32 Å². The largest absolute Gasteiger partial charge is 0.263 e. The first kappa shape index (κ1) is 6.75. The van der Waals surface area contributed by atoms with E-state index >= 15 is 0 Å². The van der Waals surface area contributed by atoms with E-state index in [0.29, 0.717) is 0 Å². The fourth-order valence-electron chi connectivity index (χ4n) is 0.679. The predicted octanol–water partition coefficient (Wildman–Crippen LogP) is 2.45. The second-order valence-corrected chi connectivity index (χ2v) is 2.93. The number of hydrogen-bond donors (Lipinski definition) is 0. The highest BCUT2D eigenvalue weighted by molar-refractivity contribution is 8.05. The van der Waals surface area contributed by atoms with Gasteiger partial charge < -0.3 is 0 Å². The van der Waals surface area contributed by atoms with Gasteiger partial charge in [-0.3, -0.25) is 5.32 Å². The van der Waals surface area contributed by atoms with E-state index in [2.05, 4.69) is 12.2 Å². The van der Waals surface area contributed by atoms with Crippen molar-refractivity contribution in [3.8, 4) is 0 Å². The Morgan fingerprint density at radius 2 is 2.56 bits per heavy atom. The lowest BCUT2D eigenvalue weighted by Gasteiger charge is -2.03. The summed E-state index contributed by atoms with van der Waals surface area (Å²) in [4.78, 5) is 1.38. The molecule has 0 unspecified atom stereocenters. The second-order valence-electron chi connectivity index (χ2n) is 1.90. The van der Waals surface area contributed by atoms with Crippen LogP contribution in [-0.4, -0.2) is 0 Å². The van der Waals surface area contributed by atoms with E-state index in [1.165, 1.54) is 17.7 Å². The monoisotopic (exact) mass is 140 g/mol. The van der Waals surface area contributed by atoms with E-state index in [9.17, 15) is 0 Å². The summed E-state index contributed by atoms with van der Waals surface area (Å²) in [6.07, 6.45) is 6.14. The molecular weight excluding hydrogens is 130 g/mol. The molecule has 9 heavy (non-hydrogen) atoms. The van der Waals surface area contributed by atoms with Gasteiger partial charge in [0, 0.05) is 17.3 Å². The van der Waals surface area contributed by atoms with E-state index < -0.39 is 0 Å². The van der Waals surface area contributed by atoms with Crippen molar-refractivity contribution in [2.45, 2.75) is 19.8 Å². The predicted molar refractivity (Wildman–Crippen MR) is 41.9 cm³/mol. The highest BCUT2D eigenvalue weighted by Gasteiger charge is 1.96. The van der Waals surface area contributed by atoms with Crippen LogP contribution in [0.1, 0.15) is 19.8 Å². The van der Waals surface area contributed by atoms with Crippen LogP contribution in [0.15, 0.2) is 22.7 Å². The molecule has 0 atom stereocenters. The lowest BCUT2D eigenvalue weighted by atomic mass is 10.3. The van der Waals surface area contributed by atoms with Gasteiger partial charge >= 0.3 is 0 Å². The summed E-state index contributed by atoms with van der Waals surface area (Å²) in [7, 11) is 0. The normalized spacial score (nSPS) is 16.8. The molecule has 0 saturated heterocycles. The van der Waals surface area contributed by atoms with Gasteiger partial charge in [0.25, 0.3) is 0 Å². The molecule has 1 radical (unpaired) electrons. The molecule has 0 spiro atoms. The van der Waals surface area contributed by atoms with Crippen molar-refractivity contribution in [2.75, 3.05) is 0 Å². The lowest BCUT2D eigenvalue weighted by Crippen LogP contribution is -1.89. The molecule has 0 saturated carbocycles. The maximum absolute atomic E-state index is 4.01. The number of allylic oxidation sites excluding steroid dienone is 1. The average Bonchev–Trinajstić information content (AvgIpc) is 1.91. The Morgan fingerprint density at radius 1 is 1.67 bits per heavy atom. The Labute approximate surface area is 60.2 Å². The Balaban J connectivity index is 2.32. The van der Waals surface area contributed by atoms with Gasteiger partial charge in [0.2, 0.25) is 0 Å². The van der Waals surface area contributed by atoms with Gasteiger partial charge in [0.15, 0.2) is 0 Å². The lowest BCUT2D eigenvalue weighted by molar-refractivity contribution is 0.934. The smallest absolute Gasteiger partial charge is 0.0366 e. The molecule has 1 aliphatic rings. The van der Waals surface area contributed by atoms with Crippen LogP contribution in [0.2, 0.25) is 0 Å². The van der Waals surface area contributed by atoms with Gasteiger partial charge in [-0.15, -0.1) is 0 Å². The van der Waals surface area contributed by atoms with Crippen molar-refractivity contribution < 1.29 is 0 Å². The van der Waals surface area contributed by atoms with Crippen LogP contribution in [0, 0.1) is 0 Å². The quantitative estimate of drug-likeness (QED) is 0.574. The molecular formula is C7H10NS. The van der Waals surface area contributed by atoms with Gasteiger partial charge in [-0.1, -0.05) is 25.1 Å². The number of nitrogens with zero attached hydrogens (tertiary/aromatic N) is 1. The van der Waals surface area contributed by atoms with E-state index in [1.807, 2.05) is 17.8 Å². The number of rotatable bonds is 2. The van der Waals surface area contributed by atoms with Crippen molar-refractivity contribution in [2.24, 2.45) is 0 Å². The van der Waals surface area contributed by atoms with Crippen LogP contribution in [0.5, 0.6) is 0 Å². The third-order valence-corrected chi connectivity index (χ3v) is 1.95. The molecule has 1 rings (SSSR count). The molecule has 0 N–H and O–H groups in total. The summed E-state index contributed by atoms with van der Waals surface area (Å²) in [5.41, 5.74) is 0. The van der Waals surface area contributed by atoms with Gasteiger partial charge in [0.1, 0.15) is 0 Å². The summed E-state index contributed by atoms with van der Waals surface area (Å²) in [6.45, 7) is 2.18. The van der Waals surface area contributed by atoms with E-state index in [-0.39, 0.29) is 0 Å². The molecule has 0 aromatic rings. The summed E-state index contributed by atoms with van der Waals surface area (Å²) in [6, 6.07) is 0. The van der Waals surface area contributed by atoms with Crippen molar-refractivity contribution in [3.63, 3.8) is 0 Å². The van der Waals surface area contributed by atoms with E-state index in [1.54, 1.807) is 11.8 Å². The van der Waals surface area contributed by atoms with Gasteiger partial charge in [-0.2, -0.15) is 0 Å². The zero-order valence-corrected chi connectivity index (χ0v) is 6.32. The van der Waals surface area contributed by atoms with Crippen molar-refractivity contribution >= 4 is 11.8 Å². The molecule has 0 aliphatic carbocycles. The Morgan fingerprint density at radius 3 is 3.11 bits per heavy atom. The average molecular weight is 140 g/mol. The Hall–Kier alpha value is -0.370. The first-order valence-electron chi connectivity index (χ1n) is 3.14. The molecule has 49 valence electrons. The standard InChI is InChI=1S/C7H10NS/c1-2-3-7-6-8-4-5-9-7/h4-6H,2-3H2,1H3. The topological polar surface area (TPSA) is 14.1 Å². The summed E-state index contributed by atoms with van der Waals surface area (Å²) in [5.74, 6) is 0. The minimum atomic E-state index is 1.17. The van der Waals surface area contributed by atoms with Crippen molar-refractivity contribution in [1.29, 1.82) is 0 Å². The van der Waals surface area contributed by atoms with Crippen LogP contribution in [0.25, 0.3) is 0 Å². The molecule has 2 heteroatoms. The van der Waals surface area contributed by atoms with E-state index in [4.69, 9.17) is 0 Å². The van der Waals surface area contributed by atoms with Crippen LogP contribution in [0.3, 0.4) is 0 Å². The molecule has 0 fully saturated rings. The summed E-state index contributed by atoms with van der Waals surface area (Å²) < 4.78 is 0. The molecule has 0 amide bonds. The maximum Gasteiger partial charge on any atom is 0.0366 e. The van der Waals surface area contributed by atoms with Gasteiger partial charge in [-0.05, 0) is 11.8 Å². The second kappa shape index (κ2) is 3.62. The zero-order chi connectivity index (χ0) is 6.53. The van der Waals surface area contributed by atoms with Crippen LogP contribution < -0.4 is 5.32 Å². The molecule has 1 nitrogen and oxygen atoms in total. The molecule has 0 aromatic carbocycles. The third kappa shape index (κ3) is 2.14. The fourth-order valence-corrected chi connectivity index (χ4v) is 1.43. The van der Waals surface area contributed by atoms with Gasteiger partial charge in [0.05, 0.1) is 0 Å². The first-order valence-corrected chi connectivity index (χ1v) is 4.02. The minimum Gasteiger partial charge on any atom is -0.263 e. The first-order chi connectivity index (χ1) is 4.43. The van der Waals surface area contributed by atoms with Crippen LogP contribution >= 0.6 is 11.8 Å². The molecule has 1 aliphatic heterocycles. The highest BCUT2D eigenvalue weighted by atomic mass is 32.2. The highest BCUT2D eigenvalue weighted by Crippen LogP contribution is 2.23. The molecule has 0 bridgehead atoms.